The van der Waals surface area contributed by atoms with Crippen molar-refractivity contribution in [2.24, 2.45) is 0 Å². The Morgan fingerprint density at radius 2 is 1.06 bits per heavy atom. The van der Waals surface area contributed by atoms with Crippen molar-refractivity contribution in [1.29, 1.82) is 0 Å². The van der Waals surface area contributed by atoms with E-state index in [4.69, 9.17) is 4.74 Å². The predicted octanol–water partition coefficient (Wildman–Crippen LogP) is 10.5. The molecule has 0 aromatic heterocycles. The van der Waals surface area contributed by atoms with Crippen LogP contribution in [0.2, 0.25) is 0 Å². The SMILES string of the molecule is CC(C)(C)c1ccc2c(c1)B1c3cc(-c4cc(-c5ccccc5)cc(-c5ccccc5)c4)ccc3C(C)(C)c3c(C(C)(C)C)ccc(c31)O2. The third kappa shape index (κ3) is 5.24. The molecule has 0 spiro atoms. The molecule has 242 valence electrons. The summed E-state index contributed by atoms with van der Waals surface area (Å²) in [5.74, 6) is 1.96. The van der Waals surface area contributed by atoms with Crippen molar-refractivity contribution >= 4 is 23.1 Å². The summed E-state index contributed by atoms with van der Waals surface area (Å²) < 4.78 is 6.81. The number of ether oxygens (including phenoxy) is 1. The molecule has 0 unspecified atom stereocenters. The Morgan fingerprint density at radius 3 is 1.63 bits per heavy atom. The molecule has 0 saturated carbocycles. The van der Waals surface area contributed by atoms with Crippen molar-refractivity contribution < 1.29 is 4.74 Å². The Bertz CT molecular complexity index is 2170. The van der Waals surface area contributed by atoms with E-state index in [1.54, 1.807) is 0 Å². The number of rotatable bonds is 3. The monoisotopic (exact) mass is 636 g/mol. The van der Waals surface area contributed by atoms with Crippen LogP contribution in [0.1, 0.15) is 77.6 Å². The van der Waals surface area contributed by atoms with E-state index in [2.05, 4.69) is 183 Å². The van der Waals surface area contributed by atoms with Gasteiger partial charge in [-0.3, -0.25) is 0 Å². The van der Waals surface area contributed by atoms with Crippen LogP contribution in [-0.4, -0.2) is 6.71 Å². The van der Waals surface area contributed by atoms with E-state index in [1.165, 1.54) is 72.0 Å². The van der Waals surface area contributed by atoms with Crippen molar-refractivity contribution in [1.82, 2.24) is 0 Å². The van der Waals surface area contributed by atoms with Crippen LogP contribution < -0.4 is 21.1 Å². The van der Waals surface area contributed by atoms with Gasteiger partial charge in [-0.1, -0.05) is 158 Å². The molecule has 49 heavy (non-hydrogen) atoms. The molecule has 0 bridgehead atoms. The van der Waals surface area contributed by atoms with E-state index in [9.17, 15) is 0 Å². The van der Waals surface area contributed by atoms with Gasteiger partial charge in [0.05, 0.1) is 0 Å². The molecule has 6 aromatic rings. The summed E-state index contributed by atoms with van der Waals surface area (Å²) in [6.07, 6.45) is 0. The largest absolute Gasteiger partial charge is 0.458 e. The van der Waals surface area contributed by atoms with Crippen LogP contribution in [0.5, 0.6) is 11.5 Å². The molecular formula is C47H45BO. The van der Waals surface area contributed by atoms with Crippen molar-refractivity contribution in [3.63, 3.8) is 0 Å². The zero-order valence-corrected chi connectivity index (χ0v) is 30.1. The van der Waals surface area contributed by atoms with Crippen molar-refractivity contribution in [3.8, 4) is 44.9 Å². The standard InChI is InChI=1S/C47H45BO/c1-45(2,3)36-20-23-41-40(29-36)48-39-28-32(19-21-37(39)47(7,8)43-38(46(4,5)6)22-24-42(49-41)44(43)48)35-26-33(30-15-11-9-12-16-30)25-34(27-35)31-17-13-10-14-18-31/h9-29H,1-8H3. The summed E-state index contributed by atoms with van der Waals surface area (Å²) in [7, 11) is 0. The minimum atomic E-state index is -0.206. The highest BCUT2D eigenvalue weighted by molar-refractivity contribution is 6.98. The third-order valence-corrected chi connectivity index (χ3v) is 10.9. The molecule has 0 saturated heterocycles. The van der Waals surface area contributed by atoms with Crippen LogP contribution in [0.25, 0.3) is 33.4 Å². The zero-order chi connectivity index (χ0) is 34.3. The Labute approximate surface area is 293 Å². The summed E-state index contributed by atoms with van der Waals surface area (Å²) in [6, 6.07) is 47.3. The molecule has 6 aromatic carbocycles. The van der Waals surface area contributed by atoms with Gasteiger partial charge in [0.2, 0.25) is 0 Å². The molecule has 2 heteroatoms. The first-order valence-corrected chi connectivity index (χ1v) is 17.7. The summed E-state index contributed by atoms with van der Waals surface area (Å²) in [5, 5.41) is 0. The van der Waals surface area contributed by atoms with Crippen LogP contribution in [0.15, 0.2) is 127 Å². The average molecular weight is 637 g/mol. The first-order valence-electron chi connectivity index (χ1n) is 17.7. The highest BCUT2D eigenvalue weighted by atomic mass is 16.5. The molecule has 2 heterocycles. The zero-order valence-electron chi connectivity index (χ0n) is 30.1. The number of hydrogen-bond donors (Lipinski definition) is 0. The van der Waals surface area contributed by atoms with Gasteiger partial charge in [0.1, 0.15) is 11.5 Å². The van der Waals surface area contributed by atoms with Gasteiger partial charge in [0, 0.05) is 5.41 Å². The maximum absolute atomic E-state index is 6.81. The van der Waals surface area contributed by atoms with Gasteiger partial charge in [-0.25, -0.2) is 0 Å². The predicted molar refractivity (Wildman–Crippen MR) is 210 cm³/mol. The first kappa shape index (κ1) is 31.5. The van der Waals surface area contributed by atoms with Crippen LogP contribution in [-0.2, 0) is 16.2 Å². The van der Waals surface area contributed by atoms with Gasteiger partial charge < -0.3 is 4.74 Å². The number of fused-ring (bicyclic) bond motifs is 4. The normalized spacial score (nSPS) is 14.4. The molecule has 0 radical (unpaired) electrons. The van der Waals surface area contributed by atoms with Crippen LogP contribution in [0.4, 0.5) is 0 Å². The van der Waals surface area contributed by atoms with E-state index >= 15 is 0 Å². The maximum atomic E-state index is 6.81. The molecule has 0 atom stereocenters. The fraction of sp³-hybridized carbons (Fsp3) is 0.234. The lowest BCUT2D eigenvalue weighted by molar-refractivity contribution is 0.479. The topological polar surface area (TPSA) is 9.23 Å². The van der Waals surface area contributed by atoms with Crippen molar-refractivity contribution in [2.45, 2.75) is 71.6 Å². The van der Waals surface area contributed by atoms with Gasteiger partial charge in [-0.15, -0.1) is 0 Å². The Balaban J connectivity index is 1.40. The second kappa shape index (κ2) is 11.1. The van der Waals surface area contributed by atoms with Crippen molar-refractivity contribution in [3.05, 3.63) is 150 Å². The Kier molecular flexibility index (Phi) is 7.13. The minimum absolute atomic E-state index is 0.0110. The second-order valence-corrected chi connectivity index (χ2v) is 16.6. The number of hydrogen-bond acceptors (Lipinski definition) is 1. The Morgan fingerprint density at radius 1 is 0.490 bits per heavy atom. The highest BCUT2D eigenvalue weighted by Crippen LogP contribution is 2.44. The van der Waals surface area contributed by atoms with Crippen LogP contribution >= 0.6 is 0 Å². The highest BCUT2D eigenvalue weighted by Gasteiger charge is 2.47. The summed E-state index contributed by atoms with van der Waals surface area (Å²) in [5.41, 5.74) is 16.7. The van der Waals surface area contributed by atoms with Crippen LogP contribution in [0.3, 0.4) is 0 Å². The summed E-state index contributed by atoms with van der Waals surface area (Å²) in [4.78, 5) is 0. The second-order valence-electron chi connectivity index (χ2n) is 16.6. The molecule has 0 N–H and O–H groups in total. The third-order valence-electron chi connectivity index (χ3n) is 10.9. The van der Waals surface area contributed by atoms with Gasteiger partial charge in [-0.2, -0.15) is 0 Å². The smallest absolute Gasteiger partial charge is 0.251 e. The lowest BCUT2D eigenvalue weighted by Crippen LogP contribution is -2.63. The molecular weight excluding hydrogens is 591 g/mol. The molecule has 1 nitrogen and oxygen atoms in total. The van der Waals surface area contributed by atoms with Gasteiger partial charge in [0.25, 0.3) is 6.71 Å². The van der Waals surface area contributed by atoms with Gasteiger partial charge in [-0.05, 0) is 108 Å². The molecule has 0 fully saturated rings. The van der Waals surface area contributed by atoms with Crippen molar-refractivity contribution in [2.75, 3.05) is 0 Å². The van der Waals surface area contributed by atoms with E-state index < -0.39 is 0 Å². The summed E-state index contributed by atoms with van der Waals surface area (Å²) in [6.45, 7) is 18.8. The molecule has 2 aliphatic heterocycles. The quantitative estimate of drug-likeness (QED) is 0.175. The van der Waals surface area contributed by atoms with Crippen LogP contribution in [0, 0.1) is 0 Å². The average Bonchev–Trinajstić information content (AvgIpc) is 3.09. The first-order chi connectivity index (χ1) is 23.3. The fourth-order valence-corrected chi connectivity index (χ4v) is 8.28. The maximum Gasteiger partial charge on any atom is 0.251 e. The van der Waals surface area contributed by atoms with E-state index in [0.717, 1.165) is 11.5 Å². The van der Waals surface area contributed by atoms with Gasteiger partial charge in [0.15, 0.2) is 0 Å². The molecule has 2 aliphatic rings. The molecule has 0 amide bonds. The fourth-order valence-electron chi connectivity index (χ4n) is 8.28. The lowest BCUT2D eigenvalue weighted by atomic mass is 9.30. The Hall–Kier alpha value is -4.82. The number of benzene rings is 6. The molecule has 0 aliphatic carbocycles. The van der Waals surface area contributed by atoms with E-state index in [-0.39, 0.29) is 23.0 Å². The van der Waals surface area contributed by atoms with E-state index in [1.807, 2.05) is 0 Å². The van der Waals surface area contributed by atoms with E-state index in [0.29, 0.717) is 0 Å². The van der Waals surface area contributed by atoms with Gasteiger partial charge >= 0.3 is 0 Å². The summed E-state index contributed by atoms with van der Waals surface area (Å²) >= 11 is 0. The lowest BCUT2D eigenvalue weighted by Gasteiger charge is -2.45. The molecule has 8 rings (SSSR count). The minimum Gasteiger partial charge on any atom is -0.458 e.